The van der Waals surface area contributed by atoms with E-state index in [1.54, 1.807) is 13.0 Å². The molecular weight excluding hydrogens is 323 g/mol. The van der Waals surface area contributed by atoms with Crippen LogP contribution in [-0.2, 0) is 4.79 Å². The van der Waals surface area contributed by atoms with E-state index in [1.807, 2.05) is 0 Å². The van der Waals surface area contributed by atoms with Crippen molar-refractivity contribution in [3.8, 4) is 0 Å². The van der Waals surface area contributed by atoms with Crippen LogP contribution in [-0.4, -0.2) is 18.0 Å². The van der Waals surface area contributed by atoms with Crippen LogP contribution in [0.2, 0.25) is 0 Å². The molecule has 20 heavy (non-hydrogen) atoms. The van der Waals surface area contributed by atoms with Crippen molar-refractivity contribution in [2.75, 3.05) is 5.32 Å². The van der Waals surface area contributed by atoms with Crippen molar-refractivity contribution >= 4 is 27.5 Å². The topological polar surface area (TPSA) is 41.1 Å². The fourth-order valence-electron chi connectivity index (χ4n) is 2.48. The van der Waals surface area contributed by atoms with Gasteiger partial charge in [0.05, 0.1) is 5.69 Å². The van der Waals surface area contributed by atoms with E-state index in [2.05, 4.69) is 26.6 Å². The minimum absolute atomic E-state index is 0.0342. The van der Waals surface area contributed by atoms with Gasteiger partial charge >= 0.3 is 0 Å². The minimum atomic E-state index is -0.393. The Bertz CT molecular complexity index is 475. The van der Waals surface area contributed by atoms with Crippen LogP contribution >= 0.6 is 15.9 Å². The number of carbonyl (C=O) groups excluding carboxylic acids is 1. The van der Waals surface area contributed by atoms with E-state index in [-0.39, 0.29) is 17.8 Å². The summed E-state index contributed by atoms with van der Waals surface area (Å²) in [6.07, 6.45) is 5.74. The lowest BCUT2D eigenvalue weighted by Gasteiger charge is -2.25. The summed E-state index contributed by atoms with van der Waals surface area (Å²) < 4.78 is 14.0. The van der Waals surface area contributed by atoms with Gasteiger partial charge in [-0.2, -0.15) is 0 Å². The van der Waals surface area contributed by atoms with Gasteiger partial charge in [0.25, 0.3) is 0 Å². The summed E-state index contributed by atoms with van der Waals surface area (Å²) >= 11 is 3.35. The molecule has 3 nitrogen and oxygen atoms in total. The van der Waals surface area contributed by atoms with Crippen LogP contribution in [0.5, 0.6) is 0 Å². The first-order valence-electron chi connectivity index (χ1n) is 7.08. The lowest BCUT2D eigenvalue weighted by molar-refractivity contribution is -0.122. The Morgan fingerprint density at radius 1 is 1.35 bits per heavy atom. The number of hydrogen-bond donors (Lipinski definition) is 2. The third-order valence-electron chi connectivity index (χ3n) is 3.65. The fraction of sp³-hybridized carbons (Fsp3) is 0.533. The maximum absolute atomic E-state index is 13.2. The molecule has 5 heteroatoms. The summed E-state index contributed by atoms with van der Waals surface area (Å²) in [6.45, 7) is 1.79. The maximum atomic E-state index is 13.2. The lowest BCUT2D eigenvalue weighted by atomic mass is 9.95. The van der Waals surface area contributed by atoms with Crippen LogP contribution in [0.15, 0.2) is 22.7 Å². The Kier molecular flexibility index (Phi) is 5.40. The maximum Gasteiger partial charge on any atom is 0.242 e. The highest BCUT2D eigenvalue weighted by molar-refractivity contribution is 9.10. The third-order valence-corrected chi connectivity index (χ3v) is 4.34. The zero-order valence-electron chi connectivity index (χ0n) is 11.6. The molecule has 1 aliphatic carbocycles. The molecule has 0 aromatic heterocycles. The van der Waals surface area contributed by atoms with Crippen molar-refractivity contribution in [2.45, 2.75) is 51.1 Å². The van der Waals surface area contributed by atoms with Crippen LogP contribution in [0.3, 0.4) is 0 Å². The number of amides is 1. The summed E-state index contributed by atoms with van der Waals surface area (Å²) in [4.78, 5) is 12.1. The molecule has 1 unspecified atom stereocenters. The number of carbonyl (C=O) groups is 1. The summed E-state index contributed by atoms with van der Waals surface area (Å²) in [7, 11) is 0. The van der Waals surface area contributed by atoms with E-state index in [0.717, 1.165) is 17.3 Å². The first-order valence-corrected chi connectivity index (χ1v) is 7.87. The Balaban J connectivity index is 1.91. The van der Waals surface area contributed by atoms with Crippen molar-refractivity contribution in [1.82, 2.24) is 5.32 Å². The number of hydrogen-bond acceptors (Lipinski definition) is 2. The first kappa shape index (κ1) is 15.3. The Morgan fingerprint density at radius 2 is 2.05 bits per heavy atom. The highest BCUT2D eigenvalue weighted by Crippen LogP contribution is 2.24. The monoisotopic (exact) mass is 342 g/mol. The smallest absolute Gasteiger partial charge is 0.242 e. The SMILES string of the molecule is CC(Nc1cc(F)ccc1Br)C(=O)NC1CCCCC1. The third kappa shape index (κ3) is 4.20. The molecule has 0 heterocycles. The van der Waals surface area contributed by atoms with Crippen molar-refractivity contribution in [1.29, 1.82) is 0 Å². The Hall–Kier alpha value is -1.10. The molecular formula is C15H20BrFN2O. The van der Waals surface area contributed by atoms with Gasteiger partial charge in [-0.3, -0.25) is 4.79 Å². The molecule has 0 bridgehead atoms. The fourth-order valence-corrected chi connectivity index (χ4v) is 2.84. The Morgan fingerprint density at radius 3 is 2.75 bits per heavy atom. The standard InChI is InChI=1S/C15H20BrFN2O/c1-10(15(20)19-12-5-3-2-4-6-12)18-14-9-11(17)7-8-13(14)16/h7-10,12,18H,2-6H2,1H3,(H,19,20). The van der Waals surface area contributed by atoms with E-state index in [9.17, 15) is 9.18 Å². The molecule has 1 atom stereocenters. The number of benzene rings is 1. The van der Waals surface area contributed by atoms with Crippen LogP contribution in [0.1, 0.15) is 39.0 Å². The molecule has 0 spiro atoms. The zero-order chi connectivity index (χ0) is 14.5. The van der Waals surface area contributed by atoms with Gasteiger partial charge in [-0.1, -0.05) is 19.3 Å². The van der Waals surface area contributed by atoms with E-state index >= 15 is 0 Å². The molecule has 110 valence electrons. The zero-order valence-corrected chi connectivity index (χ0v) is 13.2. The van der Waals surface area contributed by atoms with Crippen molar-refractivity contribution < 1.29 is 9.18 Å². The Labute approximate surface area is 127 Å². The number of anilines is 1. The van der Waals surface area contributed by atoms with Gasteiger partial charge in [-0.25, -0.2) is 4.39 Å². The molecule has 2 rings (SSSR count). The molecule has 1 fully saturated rings. The van der Waals surface area contributed by atoms with E-state index in [4.69, 9.17) is 0 Å². The van der Waals surface area contributed by atoms with E-state index < -0.39 is 6.04 Å². The van der Waals surface area contributed by atoms with E-state index in [1.165, 1.54) is 31.4 Å². The van der Waals surface area contributed by atoms with E-state index in [0.29, 0.717) is 5.69 Å². The van der Waals surface area contributed by atoms with Crippen LogP contribution in [0.4, 0.5) is 10.1 Å². The second-order valence-electron chi connectivity index (χ2n) is 5.33. The molecule has 1 aromatic rings. The normalized spacial score (nSPS) is 17.6. The van der Waals surface area contributed by atoms with Gasteiger partial charge in [0.15, 0.2) is 0 Å². The van der Waals surface area contributed by atoms with Gasteiger partial charge in [0.2, 0.25) is 5.91 Å². The van der Waals surface area contributed by atoms with Crippen molar-refractivity contribution in [2.24, 2.45) is 0 Å². The molecule has 2 N–H and O–H groups in total. The lowest BCUT2D eigenvalue weighted by Crippen LogP contribution is -2.44. The van der Waals surface area contributed by atoms with Gasteiger partial charge in [0, 0.05) is 10.5 Å². The predicted molar refractivity (Wildman–Crippen MR) is 82.2 cm³/mol. The molecule has 0 radical (unpaired) electrons. The second kappa shape index (κ2) is 7.07. The van der Waals surface area contributed by atoms with Crippen LogP contribution in [0, 0.1) is 5.82 Å². The summed E-state index contributed by atoms with van der Waals surface area (Å²) in [5.74, 6) is -0.358. The largest absolute Gasteiger partial charge is 0.373 e. The van der Waals surface area contributed by atoms with Crippen molar-refractivity contribution in [3.63, 3.8) is 0 Å². The highest BCUT2D eigenvalue weighted by Gasteiger charge is 2.20. The van der Waals surface area contributed by atoms with Crippen molar-refractivity contribution in [3.05, 3.63) is 28.5 Å². The molecule has 0 aliphatic heterocycles. The predicted octanol–water partition coefficient (Wildman–Crippen LogP) is 3.84. The van der Waals surface area contributed by atoms with Crippen LogP contribution in [0.25, 0.3) is 0 Å². The summed E-state index contributed by atoms with van der Waals surface area (Å²) in [6, 6.07) is 4.28. The van der Waals surface area contributed by atoms with Crippen LogP contribution < -0.4 is 10.6 Å². The molecule has 1 amide bonds. The molecule has 1 aromatic carbocycles. The van der Waals surface area contributed by atoms with Gasteiger partial charge in [-0.15, -0.1) is 0 Å². The quantitative estimate of drug-likeness (QED) is 0.872. The number of halogens is 2. The molecule has 1 aliphatic rings. The first-order chi connectivity index (χ1) is 9.56. The highest BCUT2D eigenvalue weighted by atomic mass is 79.9. The second-order valence-corrected chi connectivity index (χ2v) is 6.19. The average molecular weight is 343 g/mol. The molecule has 1 saturated carbocycles. The number of rotatable bonds is 4. The number of nitrogens with one attached hydrogen (secondary N) is 2. The van der Waals surface area contributed by atoms with Gasteiger partial charge < -0.3 is 10.6 Å². The van der Waals surface area contributed by atoms with Gasteiger partial charge in [0.1, 0.15) is 11.9 Å². The molecule has 0 saturated heterocycles. The summed E-state index contributed by atoms with van der Waals surface area (Å²) in [5.41, 5.74) is 0.594. The average Bonchev–Trinajstić information content (AvgIpc) is 2.44. The minimum Gasteiger partial charge on any atom is -0.373 e. The van der Waals surface area contributed by atoms with Gasteiger partial charge in [-0.05, 0) is 53.9 Å². The summed E-state index contributed by atoms with van der Waals surface area (Å²) in [5, 5.41) is 6.10.